The average molecular weight is 275 g/mol. The first-order valence-corrected chi connectivity index (χ1v) is 7.32. The Morgan fingerprint density at radius 2 is 2.06 bits per heavy atom. The van der Waals surface area contributed by atoms with E-state index in [0.29, 0.717) is 0 Å². The summed E-state index contributed by atoms with van der Waals surface area (Å²) in [4.78, 5) is 1.21. The number of fused-ring (bicyclic) bond motifs is 1. The Morgan fingerprint density at radius 1 is 1.18 bits per heavy atom. The van der Waals surface area contributed by atoms with Gasteiger partial charge < -0.3 is 5.32 Å². The molecule has 1 N–H and O–H groups in total. The van der Waals surface area contributed by atoms with Gasteiger partial charge in [-0.25, -0.2) is 0 Å². The molecule has 1 aliphatic rings. The molecule has 0 saturated carbocycles. The molecule has 1 aliphatic heterocycles. The molecule has 0 spiro atoms. The minimum Gasteiger partial charge on any atom is -0.340 e. The lowest BCUT2D eigenvalue weighted by Crippen LogP contribution is -2.11. The highest BCUT2D eigenvalue weighted by molar-refractivity contribution is 8.29. The Morgan fingerprint density at radius 3 is 2.88 bits per heavy atom. The minimum atomic E-state index is 0.810. The van der Waals surface area contributed by atoms with Gasteiger partial charge in [-0.2, -0.15) is 11.3 Å². The van der Waals surface area contributed by atoms with Crippen LogP contribution in [0.25, 0.3) is 11.0 Å². The van der Waals surface area contributed by atoms with Crippen LogP contribution >= 0.6 is 35.3 Å². The van der Waals surface area contributed by atoms with E-state index in [-0.39, 0.29) is 0 Å². The largest absolute Gasteiger partial charge is 0.340 e. The predicted molar refractivity (Wildman–Crippen MR) is 82.4 cm³/mol. The molecule has 2 heterocycles. The van der Waals surface area contributed by atoms with Crippen molar-refractivity contribution in [3.05, 3.63) is 52.2 Å². The first-order valence-electron chi connectivity index (χ1n) is 5.15. The Hall–Kier alpha value is -1.10. The molecule has 0 radical (unpaired) electrons. The number of hydrogen-bond donors (Lipinski definition) is 1. The zero-order valence-corrected chi connectivity index (χ0v) is 11.3. The van der Waals surface area contributed by atoms with Crippen LogP contribution < -0.4 is 5.32 Å². The number of rotatable bonds is 1. The summed E-state index contributed by atoms with van der Waals surface area (Å²) in [5.74, 6) is 0. The van der Waals surface area contributed by atoms with Crippen molar-refractivity contribution in [2.24, 2.45) is 0 Å². The molecule has 0 saturated heterocycles. The first-order chi connectivity index (χ1) is 8.33. The van der Waals surface area contributed by atoms with Gasteiger partial charge in [0.25, 0.3) is 0 Å². The van der Waals surface area contributed by atoms with Crippen molar-refractivity contribution < 1.29 is 0 Å². The lowest BCUT2D eigenvalue weighted by Gasteiger charge is -2.20. The van der Waals surface area contributed by atoms with Gasteiger partial charge in [-0.05, 0) is 34.5 Å². The van der Waals surface area contributed by atoms with E-state index in [0.717, 1.165) is 10.0 Å². The Balaban J connectivity index is 2.09. The van der Waals surface area contributed by atoms with Crippen LogP contribution in [-0.4, -0.2) is 4.32 Å². The standard InChI is InChI=1S/C13H9NS3/c15-13-14-11-4-2-1-3-10(11)12(17-13)7-9-5-6-16-8-9/h1-8H,(H,14,15)/b12-7-. The predicted octanol–water partition coefficient (Wildman–Crippen LogP) is 4.69. The zero-order valence-electron chi connectivity index (χ0n) is 8.84. The first kappa shape index (κ1) is 11.0. The highest BCUT2D eigenvalue weighted by Gasteiger charge is 2.17. The van der Waals surface area contributed by atoms with Crippen LogP contribution in [0.2, 0.25) is 0 Å². The number of hydrogen-bond acceptors (Lipinski definition) is 3. The zero-order chi connectivity index (χ0) is 11.7. The number of thiophene rings is 1. The number of benzene rings is 1. The lowest BCUT2D eigenvalue weighted by atomic mass is 10.1. The molecule has 84 valence electrons. The van der Waals surface area contributed by atoms with Crippen LogP contribution in [0.15, 0.2) is 41.1 Å². The van der Waals surface area contributed by atoms with Crippen LogP contribution in [0.3, 0.4) is 0 Å². The Labute approximate surface area is 114 Å². The molecule has 0 atom stereocenters. The van der Waals surface area contributed by atoms with Crippen molar-refractivity contribution >= 4 is 56.3 Å². The summed E-state index contributed by atoms with van der Waals surface area (Å²) in [5.41, 5.74) is 3.55. The van der Waals surface area contributed by atoms with Crippen molar-refractivity contribution in [3.63, 3.8) is 0 Å². The molecule has 0 aliphatic carbocycles. The molecule has 3 rings (SSSR count). The maximum atomic E-state index is 5.27. The SMILES string of the molecule is S=C1Nc2ccccc2/C(=C/c2ccsc2)S1. The molecule has 2 aromatic rings. The van der Waals surface area contributed by atoms with Crippen molar-refractivity contribution in [1.82, 2.24) is 0 Å². The summed E-state index contributed by atoms with van der Waals surface area (Å²) in [6, 6.07) is 10.4. The third-order valence-electron chi connectivity index (χ3n) is 2.47. The van der Waals surface area contributed by atoms with Crippen LogP contribution in [0.4, 0.5) is 5.69 Å². The van der Waals surface area contributed by atoms with Gasteiger partial charge in [0.2, 0.25) is 0 Å². The number of thiocarbonyl (C=S) groups is 1. The van der Waals surface area contributed by atoms with Crippen molar-refractivity contribution in [3.8, 4) is 0 Å². The second-order valence-electron chi connectivity index (χ2n) is 3.63. The lowest BCUT2D eigenvalue weighted by molar-refractivity contribution is 1.61. The smallest absolute Gasteiger partial charge is 0.143 e. The summed E-state index contributed by atoms with van der Waals surface area (Å²) in [7, 11) is 0. The summed E-state index contributed by atoms with van der Waals surface area (Å²) < 4.78 is 0.810. The van der Waals surface area contributed by atoms with E-state index in [2.05, 4.69) is 46.4 Å². The molecule has 1 aromatic heterocycles. The van der Waals surface area contributed by atoms with Crippen LogP contribution in [0.5, 0.6) is 0 Å². The number of nitrogens with one attached hydrogen (secondary N) is 1. The second kappa shape index (κ2) is 4.64. The molecule has 1 aromatic carbocycles. The summed E-state index contributed by atoms with van der Waals surface area (Å²) in [6.07, 6.45) is 2.19. The number of thioether (sulfide) groups is 1. The fraction of sp³-hybridized carbons (Fsp3) is 0. The van der Waals surface area contributed by atoms with Gasteiger partial charge in [-0.1, -0.05) is 42.2 Å². The third kappa shape index (κ3) is 2.29. The van der Waals surface area contributed by atoms with Gasteiger partial charge >= 0.3 is 0 Å². The summed E-state index contributed by atoms with van der Waals surface area (Å²) >= 11 is 8.59. The normalized spacial score (nSPS) is 16.7. The third-order valence-corrected chi connectivity index (χ3v) is 4.37. The van der Waals surface area contributed by atoms with Gasteiger partial charge in [-0.15, -0.1) is 0 Å². The molecule has 0 fully saturated rings. The maximum absolute atomic E-state index is 5.27. The van der Waals surface area contributed by atoms with Crippen molar-refractivity contribution in [2.75, 3.05) is 5.32 Å². The molecule has 0 unspecified atom stereocenters. The Kier molecular flexibility index (Phi) is 3.01. The summed E-state index contributed by atoms with van der Waals surface area (Å²) in [6.45, 7) is 0. The van der Waals surface area contributed by atoms with Crippen LogP contribution in [0, 0.1) is 0 Å². The molecular weight excluding hydrogens is 266 g/mol. The molecule has 17 heavy (non-hydrogen) atoms. The van der Waals surface area contributed by atoms with Crippen LogP contribution in [-0.2, 0) is 0 Å². The van der Waals surface area contributed by atoms with Gasteiger partial charge in [-0.3, -0.25) is 0 Å². The average Bonchev–Trinajstić information content (AvgIpc) is 2.81. The molecule has 1 nitrogen and oxygen atoms in total. The monoisotopic (exact) mass is 275 g/mol. The second-order valence-corrected chi connectivity index (χ2v) is 6.12. The van der Waals surface area contributed by atoms with E-state index >= 15 is 0 Å². The maximum Gasteiger partial charge on any atom is 0.143 e. The fourth-order valence-corrected chi connectivity index (χ4v) is 3.55. The Bertz CT molecular complexity index is 584. The van der Waals surface area contributed by atoms with Gasteiger partial charge in [0.15, 0.2) is 0 Å². The molecule has 0 amide bonds. The van der Waals surface area contributed by atoms with Crippen molar-refractivity contribution in [2.45, 2.75) is 0 Å². The number of para-hydroxylation sites is 1. The molecule has 0 bridgehead atoms. The summed E-state index contributed by atoms with van der Waals surface area (Å²) in [5, 5.41) is 7.45. The number of anilines is 1. The van der Waals surface area contributed by atoms with E-state index in [4.69, 9.17) is 12.2 Å². The minimum absolute atomic E-state index is 0.810. The molecule has 4 heteroatoms. The van der Waals surface area contributed by atoms with Crippen LogP contribution in [0.1, 0.15) is 11.1 Å². The van der Waals surface area contributed by atoms with E-state index in [1.807, 2.05) is 6.07 Å². The topological polar surface area (TPSA) is 12.0 Å². The van der Waals surface area contributed by atoms with E-state index in [9.17, 15) is 0 Å². The highest BCUT2D eigenvalue weighted by Crippen LogP contribution is 2.39. The van der Waals surface area contributed by atoms with Gasteiger partial charge in [0.05, 0.1) is 0 Å². The quantitative estimate of drug-likeness (QED) is 0.758. The van der Waals surface area contributed by atoms with E-state index in [1.165, 1.54) is 16.0 Å². The van der Waals surface area contributed by atoms with Gasteiger partial charge in [0.1, 0.15) is 4.32 Å². The highest BCUT2D eigenvalue weighted by atomic mass is 32.2. The van der Waals surface area contributed by atoms with Crippen molar-refractivity contribution in [1.29, 1.82) is 0 Å². The van der Waals surface area contributed by atoms with E-state index in [1.54, 1.807) is 23.1 Å². The van der Waals surface area contributed by atoms with E-state index < -0.39 is 0 Å². The fourth-order valence-electron chi connectivity index (χ4n) is 1.71. The molecular formula is C13H9NS3. The van der Waals surface area contributed by atoms with Gasteiger partial charge in [0, 0.05) is 16.2 Å².